The molecule has 1 aromatic rings. The van der Waals surface area contributed by atoms with Crippen LogP contribution in [0.4, 0.5) is 5.69 Å². The zero-order chi connectivity index (χ0) is 14.9. The Labute approximate surface area is 125 Å². The van der Waals surface area contributed by atoms with Crippen LogP contribution in [-0.2, 0) is 9.59 Å². The third-order valence-electron chi connectivity index (χ3n) is 2.94. The monoisotopic (exact) mass is 314 g/mol. The largest absolute Gasteiger partial charge is 0.395 e. The number of benzene rings is 1. The number of carbonyl (C=O) groups excluding carboxylic acids is 2. The highest BCUT2D eigenvalue weighted by atomic mass is 35.5. The Morgan fingerprint density at radius 1 is 1.30 bits per heavy atom. The standard InChI is InChI=1S/C13H12Cl2N2O3/c1-7-9(3-2-8(14)12(7)15)16-10-6-11(19)17(4-5-18)13(10)20/h2-3,6,16,18H,4-5H2,1H3. The SMILES string of the molecule is Cc1c(NC2=CC(=O)N(CCO)C2=O)ccc(Cl)c1Cl. The van der Waals surface area contributed by atoms with Crippen LogP contribution >= 0.6 is 23.2 Å². The van der Waals surface area contributed by atoms with Gasteiger partial charge in [-0.05, 0) is 24.6 Å². The van der Waals surface area contributed by atoms with Gasteiger partial charge in [0.2, 0.25) is 0 Å². The summed E-state index contributed by atoms with van der Waals surface area (Å²) in [5.41, 5.74) is 1.42. The van der Waals surface area contributed by atoms with Crippen LogP contribution in [0.1, 0.15) is 5.56 Å². The highest BCUT2D eigenvalue weighted by Crippen LogP contribution is 2.31. The lowest BCUT2D eigenvalue weighted by Gasteiger charge is -2.15. The number of carbonyl (C=O) groups is 2. The first kappa shape index (κ1) is 14.8. The maximum Gasteiger partial charge on any atom is 0.277 e. The Bertz CT molecular complexity index is 614. The van der Waals surface area contributed by atoms with Gasteiger partial charge in [0.05, 0.1) is 23.2 Å². The maximum atomic E-state index is 12.0. The van der Waals surface area contributed by atoms with Gasteiger partial charge in [-0.1, -0.05) is 23.2 Å². The number of aliphatic hydroxyl groups is 1. The second-order valence-electron chi connectivity index (χ2n) is 4.24. The van der Waals surface area contributed by atoms with Crippen molar-refractivity contribution in [2.24, 2.45) is 0 Å². The number of imide groups is 1. The van der Waals surface area contributed by atoms with Gasteiger partial charge in [-0.15, -0.1) is 0 Å². The van der Waals surface area contributed by atoms with Crippen molar-refractivity contribution in [2.75, 3.05) is 18.5 Å². The van der Waals surface area contributed by atoms with Gasteiger partial charge in [0.25, 0.3) is 11.8 Å². The molecule has 0 spiro atoms. The molecule has 1 heterocycles. The average Bonchev–Trinajstić information content (AvgIpc) is 2.67. The topological polar surface area (TPSA) is 69.6 Å². The molecule has 2 N–H and O–H groups in total. The Hall–Kier alpha value is -1.56. The molecule has 0 radical (unpaired) electrons. The molecule has 0 bridgehead atoms. The minimum atomic E-state index is -0.477. The van der Waals surface area contributed by atoms with E-state index in [1.807, 2.05) is 0 Å². The van der Waals surface area contributed by atoms with Crippen LogP contribution in [0.5, 0.6) is 0 Å². The number of amides is 2. The molecule has 0 saturated carbocycles. The van der Waals surface area contributed by atoms with Gasteiger partial charge in [0, 0.05) is 11.8 Å². The molecule has 1 aromatic carbocycles. The third kappa shape index (κ3) is 2.65. The Kier molecular flexibility index (Phi) is 4.32. The predicted molar refractivity (Wildman–Crippen MR) is 76.7 cm³/mol. The van der Waals surface area contributed by atoms with Gasteiger partial charge in [-0.3, -0.25) is 14.5 Å². The van der Waals surface area contributed by atoms with Gasteiger partial charge in [0.15, 0.2) is 0 Å². The summed E-state index contributed by atoms with van der Waals surface area (Å²) in [6.45, 7) is 1.45. The first-order chi connectivity index (χ1) is 9.45. The molecule has 0 saturated heterocycles. The van der Waals surface area contributed by atoms with Crippen LogP contribution in [0.2, 0.25) is 10.0 Å². The lowest BCUT2D eigenvalue weighted by Crippen LogP contribution is -2.34. The van der Waals surface area contributed by atoms with Crippen molar-refractivity contribution < 1.29 is 14.7 Å². The van der Waals surface area contributed by atoms with E-state index in [-0.39, 0.29) is 18.8 Å². The molecule has 0 aliphatic carbocycles. The molecular formula is C13H12Cl2N2O3. The van der Waals surface area contributed by atoms with Crippen LogP contribution in [0.15, 0.2) is 23.9 Å². The van der Waals surface area contributed by atoms with Crippen molar-refractivity contribution in [3.63, 3.8) is 0 Å². The number of hydrogen-bond acceptors (Lipinski definition) is 4. The molecule has 0 atom stereocenters. The van der Waals surface area contributed by atoms with Crippen molar-refractivity contribution in [1.29, 1.82) is 0 Å². The number of nitrogens with zero attached hydrogens (tertiary/aromatic N) is 1. The van der Waals surface area contributed by atoms with E-state index in [0.717, 1.165) is 4.90 Å². The molecular weight excluding hydrogens is 303 g/mol. The fraction of sp³-hybridized carbons (Fsp3) is 0.231. The van der Waals surface area contributed by atoms with Gasteiger partial charge in [-0.2, -0.15) is 0 Å². The summed E-state index contributed by atoms with van der Waals surface area (Å²) in [6, 6.07) is 3.28. The summed E-state index contributed by atoms with van der Waals surface area (Å²) in [6.07, 6.45) is 1.19. The van der Waals surface area contributed by atoms with Gasteiger partial charge >= 0.3 is 0 Å². The second kappa shape index (κ2) is 5.83. The zero-order valence-electron chi connectivity index (χ0n) is 10.6. The summed E-state index contributed by atoms with van der Waals surface area (Å²) in [7, 11) is 0. The first-order valence-electron chi connectivity index (χ1n) is 5.85. The molecule has 7 heteroatoms. The number of β-amino-alcohol motifs (C(OH)–C–C–N with tert-alkyl or cyclic N) is 1. The van der Waals surface area contributed by atoms with E-state index in [1.165, 1.54) is 6.08 Å². The third-order valence-corrected chi connectivity index (χ3v) is 3.84. The molecule has 106 valence electrons. The molecule has 1 aliphatic heterocycles. The normalized spacial score (nSPS) is 14.8. The Morgan fingerprint density at radius 2 is 2.00 bits per heavy atom. The smallest absolute Gasteiger partial charge is 0.277 e. The van der Waals surface area contributed by atoms with Crippen LogP contribution in [0, 0.1) is 6.92 Å². The van der Waals surface area contributed by atoms with Crippen molar-refractivity contribution >= 4 is 40.7 Å². The van der Waals surface area contributed by atoms with Crippen molar-refractivity contribution in [3.8, 4) is 0 Å². The van der Waals surface area contributed by atoms with Crippen molar-refractivity contribution in [2.45, 2.75) is 6.92 Å². The van der Waals surface area contributed by atoms with Crippen LogP contribution in [0.25, 0.3) is 0 Å². The summed E-state index contributed by atoms with van der Waals surface area (Å²) < 4.78 is 0. The molecule has 2 rings (SSSR count). The minimum Gasteiger partial charge on any atom is -0.395 e. The van der Waals surface area contributed by atoms with Crippen LogP contribution in [0.3, 0.4) is 0 Å². The minimum absolute atomic E-state index is 0.0281. The molecule has 5 nitrogen and oxygen atoms in total. The van der Waals surface area contributed by atoms with Crippen molar-refractivity contribution in [1.82, 2.24) is 4.90 Å². The van der Waals surface area contributed by atoms with E-state index in [1.54, 1.807) is 19.1 Å². The highest BCUT2D eigenvalue weighted by molar-refractivity contribution is 6.42. The van der Waals surface area contributed by atoms with E-state index in [4.69, 9.17) is 28.3 Å². The van der Waals surface area contributed by atoms with E-state index in [0.29, 0.717) is 21.3 Å². The summed E-state index contributed by atoms with van der Waals surface area (Å²) in [5, 5.41) is 12.5. The first-order valence-corrected chi connectivity index (χ1v) is 6.61. The van der Waals surface area contributed by atoms with E-state index in [2.05, 4.69) is 5.32 Å². The lowest BCUT2D eigenvalue weighted by atomic mass is 10.2. The quantitative estimate of drug-likeness (QED) is 0.834. The fourth-order valence-electron chi connectivity index (χ4n) is 1.84. The zero-order valence-corrected chi connectivity index (χ0v) is 12.1. The Morgan fingerprint density at radius 3 is 2.65 bits per heavy atom. The number of rotatable bonds is 4. The van der Waals surface area contributed by atoms with E-state index >= 15 is 0 Å². The second-order valence-corrected chi connectivity index (χ2v) is 5.02. The molecule has 2 amide bonds. The number of nitrogens with one attached hydrogen (secondary N) is 1. The number of halogens is 2. The highest BCUT2D eigenvalue weighted by Gasteiger charge is 2.30. The molecule has 0 fully saturated rings. The molecule has 0 unspecified atom stereocenters. The number of aliphatic hydroxyl groups excluding tert-OH is 1. The summed E-state index contributed by atoms with van der Waals surface area (Å²) in [5.74, 6) is -0.932. The molecule has 1 aliphatic rings. The van der Waals surface area contributed by atoms with E-state index in [9.17, 15) is 9.59 Å². The van der Waals surface area contributed by atoms with Gasteiger partial charge in [0.1, 0.15) is 5.70 Å². The maximum absolute atomic E-state index is 12.0. The Balaban J connectivity index is 2.24. The van der Waals surface area contributed by atoms with Crippen LogP contribution in [-0.4, -0.2) is 35.0 Å². The van der Waals surface area contributed by atoms with Gasteiger partial charge < -0.3 is 10.4 Å². The number of anilines is 1. The summed E-state index contributed by atoms with van der Waals surface area (Å²) >= 11 is 11.9. The van der Waals surface area contributed by atoms with Crippen molar-refractivity contribution in [3.05, 3.63) is 39.5 Å². The summed E-state index contributed by atoms with van der Waals surface area (Å²) in [4.78, 5) is 24.6. The van der Waals surface area contributed by atoms with E-state index < -0.39 is 11.8 Å². The lowest BCUT2D eigenvalue weighted by molar-refractivity contribution is -0.137. The average molecular weight is 315 g/mol. The molecule has 20 heavy (non-hydrogen) atoms. The number of hydrogen-bond donors (Lipinski definition) is 2. The fourth-order valence-corrected chi connectivity index (χ4v) is 2.21. The van der Waals surface area contributed by atoms with Crippen LogP contribution < -0.4 is 5.32 Å². The molecule has 0 aromatic heterocycles. The predicted octanol–water partition coefficient (Wildman–Crippen LogP) is 1.96. The van der Waals surface area contributed by atoms with Gasteiger partial charge in [-0.25, -0.2) is 0 Å².